The van der Waals surface area contributed by atoms with Crippen molar-refractivity contribution in [1.29, 1.82) is 0 Å². The highest BCUT2D eigenvalue weighted by atomic mass is 32.2. The van der Waals surface area contributed by atoms with Crippen LogP contribution < -0.4 is 5.32 Å². The molecule has 1 N–H and O–H groups in total. The van der Waals surface area contributed by atoms with Gasteiger partial charge in [0.25, 0.3) is 0 Å². The summed E-state index contributed by atoms with van der Waals surface area (Å²) in [6.45, 7) is 0. The van der Waals surface area contributed by atoms with E-state index in [9.17, 15) is 19.2 Å². The second-order valence-corrected chi connectivity index (χ2v) is 9.75. The Bertz CT molecular complexity index is 1290. The lowest BCUT2D eigenvalue weighted by atomic mass is 9.97. The predicted octanol–water partition coefficient (Wildman–Crippen LogP) is 3.41. The van der Waals surface area contributed by atoms with E-state index in [0.29, 0.717) is 6.29 Å². The number of fused-ring (bicyclic) bond motifs is 1. The number of ether oxygens (including phenoxy) is 1. The van der Waals surface area contributed by atoms with Crippen molar-refractivity contribution in [2.24, 2.45) is 0 Å². The summed E-state index contributed by atoms with van der Waals surface area (Å²) in [4.78, 5) is 52.4. The number of amides is 2. The normalized spacial score (nSPS) is 20.4. The highest BCUT2D eigenvalue weighted by Gasteiger charge is 2.56. The van der Waals surface area contributed by atoms with E-state index in [1.54, 1.807) is 5.41 Å². The molecule has 0 aliphatic carbocycles. The molecule has 7 nitrogen and oxygen atoms in total. The zero-order valence-corrected chi connectivity index (χ0v) is 20.5. The third kappa shape index (κ3) is 5.06. The third-order valence-electron chi connectivity index (χ3n) is 6.34. The fourth-order valence-electron chi connectivity index (χ4n) is 4.52. The Labute approximate surface area is 218 Å². The minimum atomic E-state index is -1.19. The van der Waals surface area contributed by atoms with Gasteiger partial charge in [-0.05, 0) is 22.1 Å². The van der Waals surface area contributed by atoms with E-state index in [0.717, 1.165) is 16.7 Å². The minimum absolute atomic E-state index is 0.138. The third-order valence-corrected chi connectivity index (χ3v) is 7.53. The molecule has 0 bridgehead atoms. The maximum atomic E-state index is 13.5. The lowest BCUT2D eigenvalue weighted by molar-refractivity contribution is -0.165. The molecular weight excluding hydrogens is 488 g/mol. The van der Waals surface area contributed by atoms with E-state index in [1.807, 2.05) is 91.0 Å². The first-order valence-electron chi connectivity index (χ1n) is 11.8. The van der Waals surface area contributed by atoms with Crippen molar-refractivity contribution in [2.75, 3.05) is 0 Å². The first-order valence-corrected chi connectivity index (χ1v) is 12.8. The number of carbonyl (C=O) groups is 4. The van der Waals surface area contributed by atoms with E-state index in [2.05, 4.69) is 5.32 Å². The van der Waals surface area contributed by atoms with Crippen LogP contribution in [0.3, 0.4) is 0 Å². The Hall–Kier alpha value is -4.17. The molecule has 0 spiro atoms. The van der Waals surface area contributed by atoms with Gasteiger partial charge >= 0.3 is 5.97 Å². The van der Waals surface area contributed by atoms with Crippen molar-refractivity contribution in [2.45, 2.75) is 30.0 Å². The Kier molecular flexibility index (Phi) is 7.18. The molecule has 3 atom stereocenters. The van der Waals surface area contributed by atoms with Crippen LogP contribution in [-0.4, -0.2) is 46.4 Å². The summed E-state index contributed by atoms with van der Waals surface area (Å²) in [6.07, 6.45) is -0.00345. The molecule has 3 aromatic carbocycles. The Morgan fingerprint density at radius 1 is 0.919 bits per heavy atom. The molecule has 0 aromatic heterocycles. The van der Waals surface area contributed by atoms with Crippen molar-refractivity contribution in [3.63, 3.8) is 0 Å². The highest BCUT2D eigenvalue weighted by Crippen LogP contribution is 2.40. The van der Waals surface area contributed by atoms with Crippen LogP contribution in [0.1, 0.15) is 22.8 Å². The zero-order valence-electron chi connectivity index (χ0n) is 19.7. The molecule has 5 rings (SSSR count). The average Bonchev–Trinajstić information content (AvgIpc) is 2.95. The van der Waals surface area contributed by atoms with Gasteiger partial charge in [0.15, 0.2) is 12.1 Å². The van der Waals surface area contributed by atoms with E-state index in [4.69, 9.17) is 4.74 Å². The molecule has 0 saturated carbocycles. The zero-order chi connectivity index (χ0) is 25.8. The minimum Gasteiger partial charge on any atom is -0.451 e. The van der Waals surface area contributed by atoms with Crippen LogP contribution in [-0.2, 0) is 30.3 Å². The molecule has 2 heterocycles. The number of benzene rings is 3. The van der Waals surface area contributed by atoms with Crippen LogP contribution in [0.4, 0.5) is 0 Å². The van der Waals surface area contributed by atoms with Gasteiger partial charge < -0.3 is 15.0 Å². The Morgan fingerprint density at radius 3 is 2.05 bits per heavy atom. The molecule has 1 saturated heterocycles. The lowest BCUT2D eigenvalue weighted by Crippen LogP contribution is -2.74. The molecule has 37 heavy (non-hydrogen) atoms. The van der Waals surface area contributed by atoms with Gasteiger partial charge in [0.2, 0.25) is 11.8 Å². The number of rotatable bonds is 8. The summed E-state index contributed by atoms with van der Waals surface area (Å²) >= 11 is 1.23. The fraction of sp³-hybridized carbons (Fsp3) is 0.172. The SMILES string of the molecule is O=CC1=CSC2C(NC(=O)Cc3ccccc3)C(=O)N2C1C(=O)OC(c1ccccc1)c1ccccc1. The van der Waals surface area contributed by atoms with Gasteiger partial charge in [0, 0.05) is 5.57 Å². The second-order valence-electron chi connectivity index (χ2n) is 8.76. The monoisotopic (exact) mass is 512 g/mol. The topological polar surface area (TPSA) is 92.8 Å². The molecule has 2 aliphatic rings. The van der Waals surface area contributed by atoms with Gasteiger partial charge in [0.1, 0.15) is 17.7 Å². The van der Waals surface area contributed by atoms with Crippen molar-refractivity contribution < 1.29 is 23.9 Å². The quantitative estimate of drug-likeness (QED) is 0.283. The number of nitrogens with one attached hydrogen (secondary N) is 1. The maximum absolute atomic E-state index is 13.5. The van der Waals surface area contributed by atoms with Crippen LogP contribution in [0.5, 0.6) is 0 Å². The van der Waals surface area contributed by atoms with E-state index in [1.165, 1.54) is 16.7 Å². The molecule has 3 aromatic rings. The van der Waals surface area contributed by atoms with Gasteiger partial charge in [-0.1, -0.05) is 91.0 Å². The van der Waals surface area contributed by atoms with Gasteiger partial charge in [-0.2, -0.15) is 0 Å². The number of esters is 1. The molecule has 3 unspecified atom stereocenters. The highest BCUT2D eigenvalue weighted by molar-refractivity contribution is 8.03. The summed E-state index contributed by atoms with van der Waals surface area (Å²) in [6, 6.07) is 25.8. The standard InChI is InChI=1S/C29H24N2O5S/c32-17-22-18-37-28-24(30-23(33)16-19-10-4-1-5-11-19)27(34)31(28)25(22)29(35)36-26(20-12-6-2-7-13-20)21-14-8-3-9-15-21/h1-15,17-18,24-26,28H,16H2,(H,30,33). The van der Waals surface area contributed by atoms with E-state index in [-0.39, 0.29) is 17.9 Å². The van der Waals surface area contributed by atoms with Gasteiger partial charge in [-0.3, -0.25) is 14.4 Å². The molecule has 186 valence electrons. The van der Waals surface area contributed by atoms with Gasteiger partial charge in [-0.15, -0.1) is 11.8 Å². The fourth-order valence-corrected chi connectivity index (χ4v) is 5.70. The summed E-state index contributed by atoms with van der Waals surface area (Å²) in [5, 5.41) is 3.84. The lowest BCUT2D eigenvalue weighted by Gasteiger charge is -2.51. The number of β-lactam (4-membered cyclic amide) rings is 1. The van der Waals surface area contributed by atoms with Crippen LogP contribution in [0, 0.1) is 0 Å². The molecule has 1 fully saturated rings. The Morgan fingerprint density at radius 2 is 1.49 bits per heavy atom. The predicted molar refractivity (Wildman–Crippen MR) is 139 cm³/mol. The first-order chi connectivity index (χ1) is 18.1. The summed E-state index contributed by atoms with van der Waals surface area (Å²) in [5.41, 5.74) is 2.51. The molecule has 0 radical (unpaired) electrons. The summed E-state index contributed by atoms with van der Waals surface area (Å²) < 4.78 is 5.96. The van der Waals surface area contributed by atoms with Crippen LogP contribution in [0.2, 0.25) is 0 Å². The number of hydrogen-bond donors (Lipinski definition) is 1. The van der Waals surface area contributed by atoms with Crippen LogP contribution in [0.25, 0.3) is 0 Å². The summed E-state index contributed by atoms with van der Waals surface area (Å²) in [7, 11) is 0. The number of carbonyl (C=O) groups excluding carboxylic acids is 4. The number of thioether (sulfide) groups is 1. The van der Waals surface area contributed by atoms with Gasteiger partial charge in [-0.25, -0.2) is 4.79 Å². The summed E-state index contributed by atoms with van der Waals surface area (Å²) in [5.74, 6) is -1.42. The number of hydrogen-bond acceptors (Lipinski definition) is 6. The largest absolute Gasteiger partial charge is 0.451 e. The second kappa shape index (κ2) is 10.8. The van der Waals surface area contributed by atoms with Crippen LogP contribution in [0.15, 0.2) is 102 Å². The molecule has 2 aliphatic heterocycles. The first kappa shape index (κ1) is 24.5. The van der Waals surface area contributed by atoms with E-state index < -0.39 is 35.4 Å². The average molecular weight is 513 g/mol. The van der Waals surface area contributed by atoms with Crippen molar-refractivity contribution in [3.05, 3.63) is 119 Å². The number of nitrogens with zero attached hydrogens (tertiary/aromatic N) is 1. The van der Waals surface area contributed by atoms with Crippen molar-refractivity contribution in [1.82, 2.24) is 10.2 Å². The molecule has 8 heteroatoms. The Balaban J connectivity index is 1.34. The van der Waals surface area contributed by atoms with E-state index >= 15 is 0 Å². The van der Waals surface area contributed by atoms with Crippen LogP contribution >= 0.6 is 11.8 Å². The number of aldehydes is 1. The smallest absolute Gasteiger partial charge is 0.334 e. The van der Waals surface area contributed by atoms with Crippen molar-refractivity contribution >= 4 is 35.8 Å². The molecule has 2 amide bonds. The molecular formula is C29H24N2O5S. The van der Waals surface area contributed by atoms with Gasteiger partial charge in [0.05, 0.1) is 6.42 Å². The van der Waals surface area contributed by atoms with Crippen molar-refractivity contribution in [3.8, 4) is 0 Å². The maximum Gasteiger partial charge on any atom is 0.334 e.